The zero-order valence-corrected chi connectivity index (χ0v) is 25.8. The highest BCUT2D eigenvalue weighted by atomic mass is 16.7. The van der Waals surface area contributed by atoms with Gasteiger partial charge in [-0.1, -0.05) is 40.7 Å². The van der Waals surface area contributed by atoms with Crippen molar-refractivity contribution in [1.82, 2.24) is 0 Å². The van der Waals surface area contributed by atoms with E-state index in [0.29, 0.717) is 30.3 Å². The minimum atomic E-state index is -1.69. The lowest BCUT2D eigenvalue weighted by atomic mass is 9.35. The van der Waals surface area contributed by atoms with E-state index in [-0.39, 0.29) is 40.5 Å². The molecule has 0 aromatic rings. The Morgan fingerprint density at radius 1 is 0.805 bits per heavy atom. The number of Topliss-reactive ketones (excluding diaryl/α,β-unsaturated/α-hetero) is 1. The molecule has 3 unspecified atom stereocenters. The van der Waals surface area contributed by atoms with Crippen molar-refractivity contribution in [3.8, 4) is 0 Å². The van der Waals surface area contributed by atoms with Crippen LogP contribution in [0.3, 0.4) is 0 Å². The van der Waals surface area contributed by atoms with Gasteiger partial charge in [0.2, 0.25) is 6.79 Å². The first kappa shape index (κ1) is 31.2. The fraction of sp³-hybridized carbons (Fsp3) is 0.781. The minimum Gasteiger partial charge on any atom is -0.464 e. The van der Waals surface area contributed by atoms with E-state index >= 15 is 0 Å². The van der Waals surface area contributed by atoms with Crippen molar-refractivity contribution in [2.24, 2.45) is 38.9 Å². The van der Waals surface area contributed by atoms with Gasteiger partial charge >= 0.3 is 23.9 Å². The first-order chi connectivity index (χ1) is 19.0. The Kier molecular flexibility index (Phi) is 8.02. The van der Waals surface area contributed by atoms with Gasteiger partial charge in [0.05, 0.1) is 0 Å². The number of ketones is 1. The number of allylic oxidation sites excluding steroid dienone is 2. The molecule has 0 heterocycles. The van der Waals surface area contributed by atoms with Gasteiger partial charge in [-0.05, 0) is 73.2 Å². The van der Waals surface area contributed by atoms with Crippen molar-refractivity contribution in [2.45, 2.75) is 106 Å². The van der Waals surface area contributed by atoms with Crippen LogP contribution in [0.2, 0.25) is 0 Å². The van der Waals surface area contributed by atoms with Crippen LogP contribution in [0.5, 0.6) is 0 Å². The van der Waals surface area contributed by atoms with Gasteiger partial charge in [0, 0.05) is 31.6 Å². The van der Waals surface area contributed by atoms with Gasteiger partial charge in [-0.3, -0.25) is 24.0 Å². The molecule has 0 saturated heterocycles. The second-order valence-electron chi connectivity index (χ2n) is 14.1. The molecule has 0 aliphatic heterocycles. The highest BCUT2D eigenvalue weighted by Crippen LogP contribution is 2.73. The first-order valence-corrected chi connectivity index (χ1v) is 14.8. The molecule has 4 aliphatic rings. The average Bonchev–Trinajstić information content (AvgIpc) is 2.86. The van der Waals surface area contributed by atoms with E-state index < -0.39 is 42.1 Å². The van der Waals surface area contributed by atoms with Gasteiger partial charge in [0.25, 0.3) is 0 Å². The van der Waals surface area contributed by atoms with Crippen molar-refractivity contribution in [2.75, 3.05) is 13.4 Å². The van der Waals surface area contributed by atoms with Gasteiger partial charge < -0.3 is 18.9 Å². The molecule has 0 aromatic heterocycles. The number of hydrogen-bond acceptors (Lipinski definition) is 9. The lowest BCUT2D eigenvalue weighted by molar-refractivity contribution is -0.210. The molecule has 9 heteroatoms. The minimum absolute atomic E-state index is 0.0174. The molecule has 4 rings (SSSR count). The van der Waals surface area contributed by atoms with Crippen LogP contribution in [0.25, 0.3) is 0 Å². The van der Waals surface area contributed by atoms with E-state index in [9.17, 15) is 24.0 Å². The van der Waals surface area contributed by atoms with Crippen molar-refractivity contribution in [3.63, 3.8) is 0 Å². The lowest BCUT2D eigenvalue weighted by Gasteiger charge is -2.69. The number of ether oxygens (including phenoxy) is 4. The highest BCUT2D eigenvalue weighted by molar-refractivity contribution is 6.14. The van der Waals surface area contributed by atoms with E-state index in [1.807, 2.05) is 6.08 Å². The van der Waals surface area contributed by atoms with Crippen LogP contribution in [-0.2, 0) is 42.9 Å². The third-order valence-electron chi connectivity index (χ3n) is 11.8. The highest BCUT2D eigenvalue weighted by Gasteiger charge is 2.69. The number of rotatable bonds is 6. The molecule has 0 N–H and O–H groups in total. The maximum Gasteiger partial charge on any atom is 0.326 e. The summed E-state index contributed by atoms with van der Waals surface area (Å²) < 4.78 is 21.1. The van der Waals surface area contributed by atoms with E-state index in [0.717, 1.165) is 25.7 Å². The first-order valence-electron chi connectivity index (χ1n) is 14.8. The van der Waals surface area contributed by atoms with Gasteiger partial charge in [-0.25, -0.2) is 0 Å². The van der Waals surface area contributed by atoms with E-state index in [1.165, 1.54) is 20.8 Å². The average molecular weight is 575 g/mol. The van der Waals surface area contributed by atoms with E-state index in [4.69, 9.17) is 18.9 Å². The van der Waals surface area contributed by atoms with Gasteiger partial charge in [-0.15, -0.1) is 0 Å². The van der Waals surface area contributed by atoms with Gasteiger partial charge in [0.15, 0.2) is 11.2 Å². The Labute approximate surface area is 243 Å². The number of fused-ring (bicyclic) bond motifs is 5. The molecular weight excluding hydrogens is 528 g/mol. The molecule has 41 heavy (non-hydrogen) atoms. The van der Waals surface area contributed by atoms with E-state index in [2.05, 4.69) is 34.6 Å². The SMILES string of the molecule is CC(=O)OCOC(=O)[C@]1(COC(C)=O)CC[C@]2(C)C(=CCC3[C@@]4(C)CCC(OC(C)=O)C(C)(C)C4CC[C@]32C)C1=O. The van der Waals surface area contributed by atoms with E-state index in [1.54, 1.807) is 0 Å². The summed E-state index contributed by atoms with van der Waals surface area (Å²) >= 11 is 0. The Morgan fingerprint density at radius 2 is 1.46 bits per heavy atom. The Morgan fingerprint density at radius 3 is 2.07 bits per heavy atom. The molecule has 0 radical (unpaired) electrons. The predicted octanol–water partition coefficient (Wildman–Crippen LogP) is 5.09. The van der Waals surface area contributed by atoms with Gasteiger partial charge in [0.1, 0.15) is 12.7 Å². The summed E-state index contributed by atoms with van der Waals surface area (Å²) in [5, 5.41) is 0. The van der Waals surface area contributed by atoms with Crippen LogP contribution in [0.4, 0.5) is 0 Å². The molecule has 4 aliphatic carbocycles. The predicted molar refractivity (Wildman–Crippen MR) is 148 cm³/mol. The number of carbonyl (C=O) groups is 5. The number of hydrogen-bond donors (Lipinski definition) is 0. The maximum absolute atomic E-state index is 14.3. The summed E-state index contributed by atoms with van der Waals surface area (Å²) in [5.41, 5.74) is -1.99. The van der Waals surface area contributed by atoms with Crippen LogP contribution < -0.4 is 0 Å². The quantitative estimate of drug-likeness (QED) is 0.185. The zero-order chi connectivity index (χ0) is 30.6. The summed E-state index contributed by atoms with van der Waals surface area (Å²) in [7, 11) is 0. The molecule has 228 valence electrons. The van der Waals surface area contributed by atoms with Crippen LogP contribution in [-0.4, -0.2) is 49.2 Å². The Bertz CT molecular complexity index is 1170. The summed E-state index contributed by atoms with van der Waals surface area (Å²) in [4.78, 5) is 62.6. The second kappa shape index (κ2) is 10.5. The summed E-state index contributed by atoms with van der Waals surface area (Å²) in [6.07, 6.45) is 6.90. The molecule has 3 fully saturated rings. The fourth-order valence-electron chi connectivity index (χ4n) is 9.42. The summed E-state index contributed by atoms with van der Waals surface area (Å²) in [5.74, 6) is -2.02. The van der Waals surface area contributed by atoms with Crippen LogP contribution >= 0.6 is 0 Å². The topological polar surface area (TPSA) is 122 Å². The molecule has 0 bridgehead atoms. The third-order valence-corrected chi connectivity index (χ3v) is 11.8. The number of carbonyl (C=O) groups excluding carboxylic acids is 5. The maximum atomic E-state index is 14.3. The standard InChI is InChI=1S/C32H46O9/c1-19(33)38-17-32(27(37)40-18-39-20(2)34)16-15-30(7)22(26(32)36)9-10-24-29(6)13-12-25(41-21(3)35)28(4,5)23(29)11-14-31(24,30)8/h9,23-25H,10-18H2,1-8H3/t23?,24?,25?,29-,30+,31+,32-/m0/s1. The van der Waals surface area contributed by atoms with Crippen LogP contribution in [0.1, 0.15) is 100 Å². The molecule has 0 amide bonds. The van der Waals surface area contributed by atoms with Crippen molar-refractivity contribution < 1.29 is 42.9 Å². The van der Waals surface area contributed by atoms with Crippen molar-refractivity contribution >= 4 is 29.7 Å². The monoisotopic (exact) mass is 574 g/mol. The number of esters is 4. The van der Waals surface area contributed by atoms with Crippen LogP contribution in [0.15, 0.2) is 11.6 Å². The van der Waals surface area contributed by atoms with Crippen molar-refractivity contribution in [3.05, 3.63) is 11.6 Å². The normalized spacial score (nSPS) is 39.2. The summed E-state index contributed by atoms with van der Waals surface area (Å²) in [6.45, 7) is 14.2. The van der Waals surface area contributed by atoms with Crippen molar-refractivity contribution in [1.29, 1.82) is 0 Å². The molecule has 0 spiro atoms. The Hall–Kier alpha value is -2.71. The Balaban J connectivity index is 1.69. The zero-order valence-electron chi connectivity index (χ0n) is 25.8. The van der Waals surface area contributed by atoms with Crippen LogP contribution in [0, 0.1) is 38.9 Å². The lowest BCUT2D eigenvalue weighted by Crippen LogP contribution is -2.65. The smallest absolute Gasteiger partial charge is 0.326 e. The third kappa shape index (κ3) is 4.81. The largest absolute Gasteiger partial charge is 0.464 e. The second-order valence-corrected chi connectivity index (χ2v) is 14.1. The molecular formula is C32H46O9. The van der Waals surface area contributed by atoms with Gasteiger partial charge in [-0.2, -0.15) is 0 Å². The summed E-state index contributed by atoms with van der Waals surface area (Å²) in [6, 6.07) is 0. The molecule has 0 aromatic carbocycles. The molecule has 3 saturated carbocycles. The fourth-order valence-corrected chi connectivity index (χ4v) is 9.42. The molecule has 7 atom stereocenters. The molecule has 9 nitrogen and oxygen atoms in total.